The number of furan rings is 1. The molecule has 0 saturated heterocycles. The lowest BCUT2D eigenvalue weighted by Crippen LogP contribution is -2.38. The van der Waals surface area contributed by atoms with Gasteiger partial charge in [-0.15, -0.1) is 0 Å². The number of benzene rings is 2. The van der Waals surface area contributed by atoms with E-state index in [4.69, 9.17) is 12.6 Å². The van der Waals surface area contributed by atoms with Crippen LogP contribution in [0.3, 0.4) is 0 Å². The van der Waals surface area contributed by atoms with E-state index in [0.717, 1.165) is 41.3 Å². The van der Waals surface area contributed by atoms with Gasteiger partial charge in [-0.05, 0) is 102 Å². The van der Waals surface area contributed by atoms with Crippen molar-refractivity contribution in [1.82, 2.24) is 9.97 Å². The first-order valence-electron chi connectivity index (χ1n) is 16.8. The van der Waals surface area contributed by atoms with Crippen LogP contribution in [-0.2, 0) is 0 Å². The Bertz CT molecular complexity index is 1930. The van der Waals surface area contributed by atoms with Crippen molar-refractivity contribution in [3.8, 4) is 22.4 Å². The lowest BCUT2D eigenvalue weighted by Gasteiger charge is -2.50. The summed E-state index contributed by atoms with van der Waals surface area (Å²) in [7, 11) is 0. The van der Waals surface area contributed by atoms with Gasteiger partial charge in [0.25, 0.3) is 0 Å². The molecule has 2 aromatic carbocycles. The maximum absolute atomic E-state index is 9.85. The second-order valence-electron chi connectivity index (χ2n) is 12.0. The molecule has 0 atom stereocenters. The van der Waals surface area contributed by atoms with Crippen LogP contribution in [0.25, 0.3) is 44.5 Å². The summed E-state index contributed by atoms with van der Waals surface area (Å²) in [5, 5.41) is 1.44. The zero-order chi connectivity index (χ0) is 32.7. The molecule has 0 radical (unpaired) electrons. The molecular formula is C35H38N2O. The highest BCUT2D eigenvalue weighted by molar-refractivity contribution is 6.08. The summed E-state index contributed by atoms with van der Waals surface area (Å²) in [6.07, 6.45) is 4.45. The van der Waals surface area contributed by atoms with Crippen molar-refractivity contribution in [2.45, 2.75) is 73.5 Å². The topological polar surface area (TPSA) is 38.9 Å². The first kappa shape index (κ1) is 17.9. The average molecular weight is 510 g/mol. The molecule has 5 aromatic rings. The Hall–Kier alpha value is -3.46. The van der Waals surface area contributed by atoms with Crippen molar-refractivity contribution in [3.63, 3.8) is 0 Å². The number of fused-ring (bicyclic) bond motifs is 3. The number of pyridine rings is 2. The zero-order valence-electron chi connectivity index (χ0n) is 29.7. The van der Waals surface area contributed by atoms with Gasteiger partial charge >= 0.3 is 0 Å². The van der Waals surface area contributed by atoms with Gasteiger partial charge in [0.1, 0.15) is 5.58 Å². The van der Waals surface area contributed by atoms with Gasteiger partial charge in [-0.1, -0.05) is 64.4 Å². The number of rotatable bonds is 3. The number of hydrogen-bond acceptors (Lipinski definition) is 3. The normalized spacial score (nSPS) is 21.6. The van der Waals surface area contributed by atoms with Gasteiger partial charge in [0, 0.05) is 37.8 Å². The molecule has 3 heteroatoms. The summed E-state index contributed by atoms with van der Waals surface area (Å²) in [4.78, 5) is 8.86. The lowest BCUT2D eigenvalue weighted by molar-refractivity contribution is 0.0727. The predicted molar refractivity (Wildman–Crippen MR) is 159 cm³/mol. The van der Waals surface area contributed by atoms with E-state index < -0.39 is 19.6 Å². The summed E-state index contributed by atoms with van der Waals surface area (Å²) >= 11 is 0. The van der Waals surface area contributed by atoms with Crippen LogP contribution in [0.5, 0.6) is 0 Å². The summed E-state index contributed by atoms with van der Waals surface area (Å²) in [5.41, 5.74) is 4.64. The van der Waals surface area contributed by atoms with Crippen molar-refractivity contribution in [2.24, 2.45) is 10.8 Å². The van der Waals surface area contributed by atoms with Crippen LogP contribution >= 0.6 is 0 Å². The highest BCUT2D eigenvalue weighted by atomic mass is 16.3. The fraction of sp³-hybridized carbons (Fsp3) is 0.371. The molecule has 1 aliphatic rings. The van der Waals surface area contributed by atoms with Crippen molar-refractivity contribution >= 4 is 22.1 Å². The Morgan fingerprint density at radius 3 is 2.42 bits per heavy atom. The van der Waals surface area contributed by atoms with Crippen molar-refractivity contribution in [1.29, 1.82) is 0 Å². The number of aryl methyl sites for hydroxylation is 3. The van der Waals surface area contributed by atoms with Crippen molar-refractivity contribution in [3.05, 3.63) is 83.2 Å². The maximum atomic E-state index is 9.85. The van der Waals surface area contributed by atoms with Gasteiger partial charge in [0.2, 0.25) is 5.71 Å². The van der Waals surface area contributed by atoms with Crippen LogP contribution in [0.4, 0.5) is 0 Å². The molecule has 0 spiro atoms. The molecular weight excluding hydrogens is 464 g/mol. The lowest BCUT2D eigenvalue weighted by atomic mass is 9.55. The van der Waals surface area contributed by atoms with Crippen LogP contribution in [0.2, 0.25) is 0 Å². The number of nitrogens with zero attached hydrogens (tertiary/aromatic N) is 2. The van der Waals surface area contributed by atoms with E-state index in [1.165, 1.54) is 12.3 Å². The van der Waals surface area contributed by atoms with E-state index in [0.29, 0.717) is 27.8 Å². The van der Waals surface area contributed by atoms with Gasteiger partial charge in [-0.3, -0.25) is 4.98 Å². The molecule has 0 unspecified atom stereocenters. The van der Waals surface area contributed by atoms with E-state index in [1.54, 1.807) is 12.1 Å². The number of para-hydroxylation sites is 1. The molecule has 0 aliphatic heterocycles. The summed E-state index contributed by atoms with van der Waals surface area (Å²) in [6, 6.07) is 16.6. The molecule has 0 bridgehead atoms. The Morgan fingerprint density at radius 1 is 0.868 bits per heavy atom. The van der Waals surface area contributed by atoms with Crippen LogP contribution in [0, 0.1) is 31.5 Å². The molecule has 1 aliphatic carbocycles. The quantitative estimate of drug-likeness (QED) is 0.243. The molecule has 38 heavy (non-hydrogen) atoms. The van der Waals surface area contributed by atoms with E-state index in [-0.39, 0.29) is 27.8 Å². The Labute approximate surface area is 236 Å². The van der Waals surface area contributed by atoms with E-state index in [1.807, 2.05) is 37.3 Å². The molecule has 3 aromatic heterocycles. The van der Waals surface area contributed by atoms with Gasteiger partial charge in [-0.2, -0.15) is 0 Å². The van der Waals surface area contributed by atoms with E-state index in [9.17, 15) is 1.37 Å². The third-order valence-electron chi connectivity index (χ3n) is 8.31. The van der Waals surface area contributed by atoms with Gasteiger partial charge in [-0.25, -0.2) is 4.98 Å². The largest absolute Gasteiger partial charge is 0.437 e. The first-order chi connectivity index (χ1) is 20.8. The minimum Gasteiger partial charge on any atom is -0.437 e. The third kappa shape index (κ3) is 4.04. The van der Waals surface area contributed by atoms with Crippen LogP contribution in [0.15, 0.2) is 65.2 Å². The molecule has 3 heterocycles. The monoisotopic (exact) mass is 509 g/mol. The Kier molecular flexibility index (Phi) is 4.15. The second kappa shape index (κ2) is 8.80. The fourth-order valence-corrected chi connectivity index (χ4v) is 6.75. The van der Waals surface area contributed by atoms with Crippen LogP contribution in [0.1, 0.15) is 84.8 Å². The molecule has 194 valence electrons. The van der Waals surface area contributed by atoms with Gasteiger partial charge in [0.15, 0.2) is 0 Å². The minimum atomic E-state index is -2.41. The molecule has 1 saturated carbocycles. The molecule has 6 rings (SSSR count). The van der Waals surface area contributed by atoms with Crippen LogP contribution < -0.4 is 0 Å². The van der Waals surface area contributed by atoms with E-state index in [2.05, 4.69) is 43.7 Å². The zero-order valence-corrected chi connectivity index (χ0v) is 22.7. The predicted octanol–water partition coefficient (Wildman–Crippen LogP) is 9.96. The van der Waals surface area contributed by atoms with Crippen LogP contribution in [-0.4, -0.2) is 9.97 Å². The van der Waals surface area contributed by atoms with Gasteiger partial charge in [0.05, 0.1) is 5.69 Å². The smallest absolute Gasteiger partial charge is 0.227 e. The highest BCUT2D eigenvalue weighted by Crippen LogP contribution is 2.56. The first-order valence-corrected chi connectivity index (χ1v) is 13.3. The Morgan fingerprint density at radius 2 is 1.68 bits per heavy atom. The van der Waals surface area contributed by atoms with Crippen molar-refractivity contribution < 1.29 is 14.0 Å². The average Bonchev–Trinajstić information content (AvgIpc) is 3.32. The highest BCUT2D eigenvalue weighted by Gasteiger charge is 2.44. The SMILES string of the molecule is [2H]C([2H])([2H])c1ccc2c(n1)oc1c(-c3cc(-c4ccc(C5([2H])C(C)(C)CCCC5(C)C)cc4C)c(C([2H])([2H])[2H])cn3)cccc12. The van der Waals surface area contributed by atoms with E-state index >= 15 is 0 Å². The summed E-state index contributed by atoms with van der Waals surface area (Å²) in [6.45, 7) is 5.94. The second-order valence-corrected chi connectivity index (χ2v) is 12.0. The molecule has 0 amide bonds. The summed E-state index contributed by atoms with van der Waals surface area (Å²) in [5.74, 6) is -0.817. The fourth-order valence-electron chi connectivity index (χ4n) is 6.75. The molecule has 3 nitrogen and oxygen atoms in total. The molecule has 0 N–H and O–H groups in total. The minimum absolute atomic E-state index is 0.0496. The molecule has 1 fully saturated rings. The maximum Gasteiger partial charge on any atom is 0.227 e. The van der Waals surface area contributed by atoms with Crippen molar-refractivity contribution in [2.75, 3.05) is 0 Å². The number of hydrogen-bond donors (Lipinski definition) is 0. The Balaban J connectivity index is 1.52. The standard InChI is InChI=1S/C35H38N2O/c1-21-18-24(32-34(4,5)16-9-17-35(32,6)7)13-15-25(21)29-19-30(36-20-22(29)2)28-11-8-10-26-27-14-12-23(3)37-33(27)38-31(26)28/h8,10-15,18-20,32H,9,16-17H2,1-7H3/i2D3,3D3,32D. The number of aromatic nitrogens is 2. The summed E-state index contributed by atoms with van der Waals surface area (Å²) < 4.78 is 64.1. The van der Waals surface area contributed by atoms with Gasteiger partial charge < -0.3 is 4.42 Å². The third-order valence-corrected chi connectivity index (χ3v) is 8.31.